The van der Waals surface area contributed by atoms with Crippen molar-refractivity contribution in [1.29, 1.82) is 5.26 Å². The number of nitrogens with zero attached hydrogens (tertiary/aromatic N) is 2. The third-order valence-electron chi connectivity index (χ3n) is 0.608. The van der Waals surface area contributed by atoms with Crippen molar-refractivity contribution < 1.29 is 4.79 Å². The SMILES string of the molecule is CN(CC#N)C(=O)Cl. The number of hydrogen-bond acceptors (Lipinski definition) is 2. The second kappa shape index (κ2) is 3.28. The Labute approximate surface area is 52.5 Å². The van der Waals surface area contributed by atoms with Crippen LogP contribution in [0.15, 0.2) is 0 Å². The fraction of sp³-hybridized carbons (Fsp3) is 0.500. The van der Waals surface area contributed by atoms with Crippen LogP contribution in [0, 0.1) is 11.3 Å². The molecule has 0 fully saturated rings. The van der Waals surface area contributed by atoms with Gasteiger partial charge in [-0.2, -0.15) is 5.26 Å². The number of carbonyl (C=O) groups excluding carboxylic acids is 1. The van der Waals surface area contributed by atoms with E-state index in [1.54, 1.807) is 6.07 Å². The highest BCUT2D eigenvalue weighted by Gasteiger charge is 2.00. The van der Waals surface area contributed by atoms with Crippen LogP contribution in [0.25, 0.3) is 0 Å². The number of nitriles is 1. The summed E-state index contributed by atoms with van der Waals surface area (Å²) < 4.78 is 0. The Bertz CT molecular complexity index is 128. The van der Waals surface area contributed by atoms with E-state index in [4.69, 9.17) is 16.9 Å². The summed E-state index contributed by atoms with van der Waals surface area (Å²) in [6.07, 6.45) is 0. The Morgan fingerprint density at radius 2 is 2.50 bits per heavy atom. The largest absolute Gasteiger partial charge is 0.319 e. The molecule has 0 aliphatic heterocycles. The molecule has 0 aromatic heterocycles. The molecule has 0 aliphatic carbocycles. The summed E-state index contributed by atoms with van der Waals surface area (Å²) in [5.41, 5.74) is 0. The minimum Gasteiger partial charge on any atom is -0.319 e. The maximum atomic E-state index is 10.1. The van der Waals surface area contributed by atoms with Gasteiger partial charge in [0.05, 0.1) is 6.07 Å². The van der Waals surface area contributed by atoms with E-state index in [2.05, 4.69) is 0 Å². The van der Waals surface area contributed by atoms with Crippen molar-refractivity contribution in [2.75, 3.05) is 13.6 Å². The number of carbonyl (C=O) groups is 1. The van der Waals surface area contributed by atoms with Gasteiger partial charge in [-0.3, -0.25) is 4.79 Å². The minimum atomic E-state index is -0.605. The smallest absolute Gasteiger partial charge is 0.316 e. The summed E-state index contributed by atoms with van der Waals surface area (Å²) in [4.78, 5) is 11.2. The van der Waals surface area contributed by atoms with Crippen LogP contribution in [-0.2, 0) is 0 Å². The zero-order valence-corrected chi connectivity index (χ0v) is 5.14. The lowest BCUT2D eigenvalue weighted by Crippen LogP contribution is -2.20. The molecule has 0 saturated carbocycles. The lowest BCUT2D eigenvalue weighted by Gasteiger charge is -2.04. The maximum Gasteiger partial charge on any atom is 0.316 e. The van der Waals surface area contributed by atoms with E-state index in [9.17, 15) is 4.79 Å². The topological polar surface area (TPSA) is 44.1 Å². The van der Waals surface area contributed by atoms with Gasteiger partial charge in [0.15, 0.2) is 0 Å². The van der Waals surface area contributed by atoms with Crippen molar-refractivity contribution in [2.45, 2.75) is 0 Å². The molecule has 3 nitrogen and oxygen atoms in total. The van der Waals surface area contributed by atoms with Crippen LogP contribution in [0.3, 0.4) is 0 Å². The minimum absolute atomic E-state index is 0.0440. The van der Waals surface area contributed by atoms with Crippen LogP contribution >= 0.6 is 11.6 Å². The molecular formula is C4H5ClN2O. The molecule has 0 aromatic rings. The van der Waals surface area contributed by atoms with E-state index < -0.39 is 5.37 Å². The molecular weight excluding hydrogens is 128 g/mol. The molecule has 0 aromatic carbocycles. The van der Waals surface area contributed by atoms with Crippen molar-refractivity contribution in [3.8, 4) is 6.07 Å². The number of halogens is 1. The van der Waals surface area contributed by atoms with Crippen molar-refractivity contribution in [2.24, 2.45) is 0 Å². The molecule has 0 unspecified atom stereocenters. The quantitative estimate of drug-likeness (QED) is 0.301. The Morgan fingerprint density at radius 1 is 2.00 bits per heavy atom. The molecule has 0 N–H and O–H groups in total. The highest BCUT2D eigenvalue weighted by Crippen LogP contribution is 1.88. The van der Waals surface area contributed by atoms with Crippen LogP contribution < -0.4 is 0 Å². The second-order valence-corrected chi connectivity index (χ2v) is 1.59. The summed E-state index contributed by atoms with van der Waals surface area (Å²) in [5, 5.41) is 7.38. The van der Waals surface area contributed by atoms with Crippen molar-refractivity contribution in [3.05, 3.63) is 0 Å². The third-order valence-corrected chi connectivity index (χ3v) is 0.897. The van der Waals surface area contributed by atoms with E-state index in [0.717, 1.165) is 4.90 Å². The average molecular weight is 133 g/mol. The van der Waals surface area contributed by atoms with E-state index in [1.165, 1.54) is 7.05 Å². The summed E-state index contributed by atoms with van der Waals surface area (Å²) >= 11 is 4.94. The highest BCUT2D eigenvalue weighted by molar-refractivity contribution is 6.62. The summed E-state index contributed by atoms with van der Waals surface area (Å²) in [7, 11) is 1.46. The first kappa shape index (κ1) is 7.25. The number of rotatable bonds is 1. The molecule has 0 rings (SSSR count). The van der Waals surface area contributed by atoms with E-state index in [-0.39, 0.29) is 6.54 Å². The fourth-order valence-electron chi connectivity index (χ4n) is 0.168. The Kier molecular flexibility index (Phi) is 2.97. The molecule has 0 spiro atoms. The molecule has 0 bridgehead atoms. The van der Waals surface area contributed by atoms with Gasteiger partial charge in [-0.15, -0.1) is 0 Å². The first-order valence-corrected chi connectivity index (χ1v) is 2.34. The Balaban J connectivity index is 3.52. The third kappa shape index (κ3) is 2.43. The van der Waals surface area contributed by atoms with Crippen molar-refractivity contribution >= 4 is 17.0 Å². The fourth-order valence-corrected chi connectivity index (χ4v) is 0.228. The zero-order chi connectivity index (χ0) is 6.57. The van der Waals surface area contributed by atoms with Gasteiger partial charge < -0.3 is 4.90 Å². The van der Waals surface area contributed by atoms with Crippen LogP contribution in [0.1, 0.15) is 0 Å². The van der Waals surface area contributed by atoms with Crippen LogP contribution in [-0.4, -0.2) is 23.9 Å². The van der Waals surface area contributed by atoms with Gasteiger partial charge in [0.25, 0.3) is 0 Å². The monoisotopic (exact) mass is 132 g/mol. The number of hydrogen-bond donors (Lipinski definition) is 0. The van der Waals surface area contributed by atoms with Gasteiger partial charge in [0.1, 0.15) is 6.54 Å². The molecule has 0 saturated heterocycles. The van der Waals surface area contributed by atoms with E-state index in [0.29, 0.717) is 0 Å². The standard InChI is InChI=1S/C4H5ClN2O/c1-7(3-2-6)4(5)8/h3H2,1H3. The van der Waals surface area contributed by atoms with Gasteiger partial charge in [-0.1, -0.05) is 0 Å². The first-order valence-electron chi connectivity index (χ1n) is 1.96. The van der Waals surface area contributed by atoms with E-state index >= 15 is 0 Å². The molecule has 0 atom stereocenters. The zero-order valence-electron chi connectivity index (χ0n) is 4.39. The van der Waals surface area contributed by atoms with Crippen molar-refractivity contribution in [1.82, 2.24) is 4.90 Å². The van der Waals surface area contributed by atoms with Crippen molar-refractivity contribution in [3.63, 3.8) is 0 Å². The summed E-state index contributed by atoms with van der Waals surface area (Å²) in [6.45, 7) is 0.0440. The lowest BCUT2D eigenvalue weighted by molar-refractivity contribution is 0.236. The van der Waals surface area contributed by atoms with Crippen LogP contribution in [0.2, 0.25) is 0 Å². The molecule has 4 heteroatoms. The van der Waals surface area contributed by atoms with Gasteiger partial charge >= 0.3 is 5.37 Å². The molecule has 8 heavy (non-hydrogen) atoms. The van der Waals surface area contributed by atoms with Crippen LogP contribution in [0.5, 0.6) is 0 Å². The van der Waals surface area contributed by atoms with Gasteiger partial charge in [-0.25, -0.2) is 0 Å². The predicted molar refractivity (Wildman–Crippen MR) is 29.5 cm³/mol. The highest BCUT2D eigenvalue weighted by atomic mass is 35.5. The molecule has 1 amide bonds. The lowest BCUT2D eigenvalue weighted by atomic mass is 10.7. The van der Waals surface area contributed by atoms with Gasteiger partial charge in [0.2, 0.25) is 0 Å². The molecule has 0 radical (unpaired) electrons. The second-order valence-electron chi connectivity index (χ2n) is 1.27. The molecule has 0 aliphatic rings. The van der Waals surface area contributed by atoms with Crippen LogP contribution in [0.4, 0.5) is 4.79 Å². The maximum absolute atomic E-state index is 10.1. The van der Waals surface area contributed by atoms with Gasteiger partial charge in [-0.05, 0) is 11.6 Å². The Morgan fingerprint density at radius 3 is 2.62 bits per heavy atom. The summed E-state index contributed by atoms with van der Waals surface area (Å²) in [5.74, 6) is 0. The average Bonchev–Trinajstić information content (AvgIpc) is 1.67. The molecule has 44 valence electrons. The Hall–Kier alpha value is -0.750. The van der Waals surface area contributed by atoms with E-state index in [1.807, 2.05) is 0 Å². The first-order chi connectivity index (χ1) is 3.68. The summed E-state index contributed by atoms with van der Waals surface area (Å²) in [6, 6.07) is 1.77. The predicted octanol–water partition coefficient (Wildman–Crippen LogP) is 0.801. The normalized spacial score (nSPS) is 7.62. The number of amides is 1. The molecule has 0 heterocycles. The van der Waals surface area contributed by atoms with Gasteiger partial charge in [0, 0.05) is 7.05 Å².